The van der Waals surface area contributed by atoms with E-state index in [0.717, 1.165) is 12.1 Å². The smallest absolute Gasteiger partial charge is 0.420 e. The Labute approximate surface area is 169 Å². The molecule has 1 heterocycles. The molecular formula is C21H17F3N2O4. The molecular weight excluding hydrogens is 401 g/mol. The van der Waals surface area contributed by atoms with Gasteiger partial charge >= 0.3 is 12.1 Å². The monoisotopic (exact) mass is 418 g/mol. The number of aliphatic carboxylic acids is 1. The van der Waals surface area contributed by atoms with Gasteiger partial charge in [0.1, 0.15) is 22.8 Å². The van der Waals surface area contributed by atoms with Crippen molar-refractivity contribution in [3.63, 3.8) is 0 Å². The van der Waals surface area contributed by atoms with Crippen molar-refractivity contribution in [2.24, 2.45) is 5.73 Å². The van der Waals surface area contributed by atoms with Crippen molar-refractivity contribution in [1.82, 2.24) is 4.98 Å². The van der Waals surface area contributed by atoms with E-state index in [9.17, 15) is 18.0 Å². The topological polar surface area (TPSA) is 94.7 Å². The molecule has 6 nitrogen and oxygen atoms in total. The van der Waals surface area contributed by atoms with Gasteiger partial charge in [0.15, 0.2) is 0 Å². The van der Waals surface area contributed by atoms with E-state index in [4.69, 9.17) is 20.3 Å². The fraction of sp³-hybridized carbons (Fsp3) is 0.143. The Morgan fingerprint density at radius 3 is 2.43 bits per heavy atom. The summed E-state index contributed by atoms with van der Waals surface area (Å²) in [6.45, 7) is 0.165. The number of carboxylic acids is 1. The highest BCUT2D eigenvalue weighted by Crippen LogP contribution is 2.41. The number of ether oxygens (including phenoxy) is 2. The maximum absolute atomic E-state index is 13.6. The third kappa shape index (κ3) is 5.48. The van der Waals surface area contributed by atoms with Crippen LogP contribution in [-0.2, 0) is 23.9 Å². The number of alkyl halides is 3. The Morgan fingerprint density at radius 1 is 1.00 bits per heavy atom. The molecule has 0 amide bonds. The zero-order valence-electron chi connectivity index (χ0n) is 15.5. The molecule has 9 heteroatoms. The van der Waals surface area contributed by atoms with Crippen LogP contribution in [0.15, 0.2) is 60.7 Å². The molecule has 0 bridgehead atoms. The number of nitrogens with zero attached hydrogens (tertiary/aromatic N) is 1. The number of benzene rings is 2. The number of pyridine rings is 1. The van der Waals surface area contributed by atoms with Crippen molar-refractivity contribution in [2.45, 2.75) is 19.1 Å². The molecule has 0 fully saturated rings. The third-order valence-electron chi connectivity index (χ3n) is 3.95. The molecule has 0 saturated carbocycles. The van der Waals surface area contributed by atoms with Crippen molar-refractivity contribution in [2.75, 3.05) is 0 Å². The highest BCUT2D eigenvalue weighted by Gasteiger charge is 2.35. The summed E-state index contributed by atoms with van der Waals surface area (Å²) in [7, 11) is 0. The molecule has 0 aliphatic heterocycles. The van der Waals surface area contributed by atoms with Gasteiger partial charge < -0.3 is 20.3 Å². The van der Waals surface area contributed by atoms with Gasteiger partial charge in [0, 0.05) is 12.6 Å². The van der Waals surface area contributed by atoms with Gasteiger partial charge in [0.25, 0.3) is 0 Å². The number of aromatic nitrogens is 1. The highest BCUT2D eigenvalue weighted by molar-refractivity contribution is 5.70. The molecule has 30 heavy (non-hydrogen) atoms. The molecule has 0 atom stereocenters. The maximum Gasteiger partial charge on any atom is 0.420 e. The average Bonchev–Trinajstić information content (AvgIpc) is 2.68. The fourth-order valence-corrected chi connectivity index (χ4v) is 2.65. The lowest BCUT2D eigenvalue weighted by Gasteiger charge is -2.16. The molecule has 0 saturated heterocycles. The molecule has 0 unspecified atom stereocenters. The van der Waals surface area contributed by atoms with E-state index >= 15 is 0 Å². The van der Waals surface area contributed by atoms with Gasteiger partial charge in [-0.25, -0.2) is 4.98 Å². The number of hydrogen-bond donors (Lipinski definition) is 2. The van der Waals surface area contributed by atoms with Crippen molar-refractivity contribution in [3.05, 3.63) is 77.5 Å². The Hall–Kier alpha value is -3.59. The number of carbonyl (C=O) groups is 1. The van der Waals surface area contributed by atoms with Crippen molar-refractivity contribution >= 4 is 5.97 Å². The summed E-state index contributed by atoms with van der Waals surface area (Å²) >= 11 is 0. The van der Waals surface area contributed by atoms with Crippen LogP contribution >= 0.6 is 0 Å². The second-order valence-corrected chi connectivity index (χ2v) is 6.25. The van der Waals surface area contributed by atoms with Gasteiger partial charge in [-0.3, -0.25) is 4.79 Å². The normalized spacial score (nSPS) is 11.2. The first-order chi connectivity index (χ1) is 14.2. The molecule has 3 rings (SSSR count). The predicted molar refractivity (Wildman–Crippen MR) is 102 cm³/mol. The van der Waals surface area contributed by atoms with E-state index in [2.05, 4.69) is 4.98 Å². The predicted octanol–water partition coefficient (Wildman–Crippen LogP) is 4.77. The molecule has 0 aliphatic rings. The van der Waals surface area contributed by atoms with Crippen molar-refractivity contribution in [3.8, 4) is 23.1 Å². The van der Waals surface area contributed by atoms with Crippen LogP contribution in [0.2, 0.25) is 0 Å². The Balaban J connectivity index is 1.89. The van der Waals surface area contributed by atoms with Gasteiger partial charge in [-0.05, 0) is 42.0 Å². The van der Waals surface area contributed by atoms with E-state index in [1.165, 1.54) is 30.3 Å². The molecule has 1 aromatic heterocycles. The number of hydrogen-bond acceptors (Lipinski definition) is 5. The SMILES string of the molecule is NCc1cccc(Oc2ccc(Oc3cccc(CC(=O)O)c3)c(C(F)(F)F)c2)n1. The molecule has 156 valence electrons. The Kier molecular flexibility index (Phi) is 6.22. The first-order valence-electron chi connectivity index (χ1n) is 8.78. The lowest BCUT2D eigenvalue weighted by Crippen LogP contribution is -2.08. The number of halogens is 3. The Bertz CT molecular complexity index is 1050. The van der Waals surface area contributed by atoms with Crippen LogP contribution in [0.1, 0.15) is 16.8 Å². The largest absolute Gasteiger partial charge is 0.481 e. The first kappa shape index (κ1) is 21.1. The molecule has 2 aromatic carbocycles. The fourth-order valence-electron chi connectivity index (χ4n) is 2.65. The van der Waals surface area contributed by atoms with Crippen LogP contribution in [0.25, 0.3) is 0 Å². The van der Waals surface area contributed by atoms with Crippen LogP contribution in [0.3, 0.4) is 0 Å². The summed E-state index contributed by atoms with van der Waals surface area (Å²) in [6.07, 6.45) is -4.98. The van der Waals surface area contributed by atoms with Gasteiger partial charge in [-0.1, -0.05) is 18.2 Å². The highest BCUT2D eigenvalue weighted by atomic mass is 19.4. The van der Waals surface area contributed by atoms with Crippen molar-refractivity contribution in [1.29, 1.82) is 0 Å². The van der Waals surface area contributed by atoms with Crippen LogP contribution in [0.4, 0.5) is 13.2 Å². The molecule has 3 aromatic rings. The minimum absolute atomic E-state index is 0.0732. The first-order valence-corrected chi connectivity index (χ1v) is 8.78. The van der Waals surface area contributed by atoms with E-state index < -0.39 is 23.5 Å². The number of carboxylic acid groups (broad SMARTS) is 1. The number of nitrogens with two attached hydrogens (primary N) is 1. The summed E-state index contributed by atoms with van der Waals surface area (Å²) < 4.78 is 51.6. The Morgan fingerprint density at radius 2 is 1.73 bits per heavy atom. The molecule has 0 spiro atoms. The number of rotatable bonds is 7. The summed E-state index contributed by atoms with van der Waals surface area (Å²) in [5.74, 6) is -1.37. The zero-order chi connectivity index (χ0) is 21.7. The van der Waals surface area contributed by atoms with Gasteiger partial charge in [-0.2, -0.15) is 13.2 Å². The van der Waals surface area contributed by atoms with E-state index in [0.29, 0.717) is 11.3 Å². The standard InChI is InChI=1S/C21H17F3N2O4/c22-21(23,24)17-11-16(30-19-6-2-4-14(12-25)26-19)7-8-18(17)29-15-5-1-3-13(9-15)10-20(27)28/h1-9,11H,10,12,25H2,(H,27,28). The van der Waals surface area contributed by atoms with Crippen LogP contribution in [0, 0.1) is 0 Å². The van der Waals surface area contributed by atoms with Crippen molar-refractivity contribution < 1.29 is 32.5 Å². The summed E-state index contributed by atoms with van der Waals surface area (Å²) in [4.78, 5) is 14.9. The summed E-state index contributed by atoms with van der Waals surface area (Å²) in [5.41, 5.74) is 5.40. The van der Waals surface area contributed by atoms with E-state index in [1.807, 2.05) is 0 Å². The zero-order valence-corrected chi connectivity index (χ0v) is 15.5. The summed E-state index contributed by atoms with van der Waals surface area (Å²) in [6, 6.07) is 14.0. The third-order valence-corrected chi connectivity index (χ3v) is 3.95. The van der Waals surface area contributed by atoms with Crippen LogP contribution in [0.5, 0.6) is 23.1 Å². The van der Waals surface area contributed by atoms with Crippen LogP contribution in [-0.4, -0.2) is 16.1 Å². The maximum atomic E-state index is 13.6. The second kappa shape index (κ2) is 8.83. The van der Waals surface area contributed by atoms with Gasteiger partial charge in [0.2, 0.25) is 5.88 Å². The molecule has 3 N–H and O–H groups in total. The minimum Gasteiger partial charge on any atom is -0.481 e. The van der Waals surface area contributed by atoms with E-state index in [1.54, 1.807) is 18.2 Å². The molecule has 0 aliphatic carbocycles. The van der Waals surface area contributed by atoms with Gasteiger partial charge in [-0.15, -0.1) is 0 Å². The van der Waals surface area contributed by atoms with Crippen LogP contribution < -0.4 is 15.2 Å². The quantitative estimate of drug-likeness (QED) is 0.574. The molecule has 0 radical (unpaired) electrons. The van der Waals surface area contributed by atoms with Gasteiger partial charge in [0.05, 0.1) is 12.1 Å². The second-order valence-electron chi connectivity index (χ2n) is 6.25. The lowest BCUT2D eigenvalue weighted by atomic mass is 10.1. The average molecular weight is 418 g/mol. The van der Waals surface area contributed by atoms with E-state index in [-0.39, 0.29) is 30.3 Å². The lowest BCUT2D eigenvalue weighted by molar-refractivity contribution is -0.138. The summed E-state index contributed by atoms with van der Waals surface area (Å²) in [5, 5.41) is 8.87. The minimum atomic E-state index is -4.71.